The second-order valence-corrected chi connectivity index (χ2v) is 3.39. The summed E-state index contributed by atoms with van der Waals surface area (Å²) >= 11 is 5.53. The van der Waals surface area contributed by atoms with Crippen LogP contribution in [0.25, 0.3) is 0 Å². The summed E-state index contributed by atoms with van der Waals surface area (Å²) in [5.41, 5.74) is 6.79. The molecule has 0 aliphatic carbocycles. The third-order valence-corrected chi connectivity index (χ3v) is 1.94. The highest BCUT2D eigenvalue weighted by Gasteiger charge is 2.10. The zero-order valence-corrected chi connectivity index (χ0v) is 7.92. The lowest BCUT2D eigenvalue weighted by atomic mass is 10.00. The van der Waals surface area contributed by atoms with Crippen molar-refractivity contribution in [1.82, 2.24) is 9.97 Å². The van der Waals surface area contributed by atoms with Crippen molar-refractivity contribution in [2.45, 2.75) is 19.9 Å². The lowest BCUT2D eigenvalue weighted by Crippen LogP contribution is -2.17. The third kappa shape index (κ3) is 2.16. The van der Waals surface area contributed by atoms with Gasteiger partial charge in [-0.2, -0.15) is 0 Å². The molecule has 0 fully saturated rings. The predicted molar refractivity (Wildman–Crippen MR) is 48.8 cm³/mol. The van der Waals surface area contributed by atoms with Crippen LogP contribution in [-0.2, 0) is 0 Å². The van der Waals surface area contributed by atoms with Crippen molar-refractivity contribution in [3.05, 3.63) is 23.2 Å². The van der Waals surface area contributed by atoms with Gasteiger partial charge in [0.2, 0.25) is 5.28 Å². The molecule has 1 atom stereocenters. The topological polar surface area (TPSA) is 51.8 Å². The zero-order chi connectivity index (χ0) is 9.14. The Bertz CT molecular complexity index is 245. The minimum Gasteiger partial charge on any atom is -0.324 e. The van der Waals surface area contributed by atoms with Crippen LogP contribution in [0.3, 0.4) is 0 Å². The van der Waals surface area contributed by atoms with Gasteiger partial charge >= 0.3 is 0 Å². The lowest BCUT2D eigenvalue weighted by Gasteiger charge is -2.14. The molecular formula is C8H12ClN3. The van der Waals surface area contributed by atoms with Crippen molar-refractivity contribution in [2.75, 3.05) is 0 Å². The van der Waals surface area contributed by atoms with E-state index in [1.165, 1.54) is 0 Å². The van der Waals surface area contributed by atoms with Gasteiger partial charge in [-0.1, -0.05) is 13.8 Å². The maximum absolute atomic E-state index is 5.86. The highest BCUT2D eigenvalue weighted by molar-refractivity contribution is 6.28. The molecule has 0 aromatic carbocycles. The molecule has 0 saturated heterocycles. The maximum Gasteiger partial charge on any atom is 0.222 e. The molecule has 0 saturated carbocycles. The van der Waals surface area contributed by atoms with Gasteiger partial charge in [0.25, 0.3) is 0 Å². The number of hydrogen-bond acceptors (Lipinski definition) is 3. The molecule has 1 aromatic heterocycles. The standard InChI is InChI=1S/C8H12ClN3/c1-5(2)7(10)6-3-11-8(9)12-4-6/h3-5,7H,10H2,1-2H3/t7-/m0/s1. The van der Waals surface area contributed by atoms with Gasteiger partial charge in [0, 0.05) is 24.0 Å². The number of rotatable bonds is 2. The summed E-state index contributed by atoms with van der Waals surface area (Å²) < 4.78 is 0. The summed E-state index contributed by atoms with van der Waals surface area (Å²) in [6, 6.07) is -0.0118. The molecule has 0 radical (unpaired) electrons. The van der Waals surface area contributed by atoms with Gasteiger partial charge in [-0.3, -0.25) is 0 Å². The molecule has 0 bridgehead atoms. The normalized spacial score (nSPS) is 13.4. The zero-order valence-electron chi connectivity index (χ0n) is 7.16. The number of hydrogen-bond donors (Lipinski definition) is 1. The molecule has 0 aliphatic rings. The molecule has 4 heteroatoms. The maximum atomic E-state index is 5.86. The number of nitrogens with two attached hydrogens (primary N) is 1. The van der Waals surface area contributed by atoms with E-state index in [0.29, 0.717) is 5.92 Å². The van der Waals surface area contributed by atoms with E-state index >= 15 is 0 Å². The molecule has 0 amide bonds. The van der Waals surface area contributed by atoms with Gasteiger partial charge in [0.05, 0.1) is 0 Å². The second kappa shape index (κ2) is 3.83. The molecule has 1 heterocycles. The second-order valence-electron chi connectivity index (χ2n) is 3.06. The van der Waals surface area contributed by atoms with Crippen molar-refractivity contribution >= 4 is 11.6 Å². The Hall–Kier alpha value is -0.670. The van der Waals surface area contributed by atoms with E-state index in [1.807, 2.05) is 0 Å². The summed E-state index contributed by atoms with van der Waals surface area (Å²) in [6.45, 7) is 4.11. The van der Waals surface area contributed by atoms with Crippen LogP contribution in [0.5, 0.6) is 0 Å². The third-order valence-electron chi connectivity index (χ3n) is 1.74. The Morgan fingerprint density at radius 1 is 1.33 bits per heavy atom. The lowest BCUT2D eigenvalue weighted by molar-refractivity contribution is 0.511. The van der Waals surface area contributed by atoms with Crippen LogP contribution in [0.2, 0.25) is 5.28 Å². The molecule has 0 aliphatic heterocycles. The number of halogens is 1. The first-order valence-corrected chi connectivity index (χ1v) is 4.22. The molecular weight excluding hydrogens is 174 g/mol. The summed E-state index contributed by atoms with van der Waals surface area (Å²) in [7, 11) is 0. The molecule has 1 rings (SSSR count). The SMILES string of the molecule is CC(C)[C@H](N)c1cnc(Cl)nc1. The van der Waals surface area contributed by atoms with Crippen molar-refractivity contribution < 1.29 is 0 Å². The summed E-state index contributed by atoms with van der Waals surface area (Å²) in [4.78, 5) is 7.71. The fourth-order valence-electron chi connectivity index (χ4n) is 0.879. The highest BCUT2D eigenvalue weighted by atomic mass is 35.5. The van der Waals surface area contributed by atoms with Crippen LogP contribution in [0.4, 0.5) is 0 Å². The average molecular weight is 186 g/mol. The highest BCUT2D eigenvalue weighted by Crippen LogP contribution is 2.17. The first-order chi connectivity index (χ1) is 5.61. The Balaban J connectivity index is 2.82. The van der Waals surface area contributed by atoms with E-state index in [9.17, 15) is 0 Å². The van der Waals surface area contributed by atoms with E-state index in [1.54, 1.807) is 12.4 Å². The summed E-state index contributed by atoms with van der Waals surface area (Å²) in [5, 5.41) is 0.259. The average Bonchev–Trinajstić information content (AvgIpc) is 2.04. The van der Waals surface area contributed by atoms with Crippen LogP contribution in [0.1, 0.15) is 25.5 Å². The minimum absolute atomic E-state index is 0.0118. The van der Waals surface area contributed by atoms with Gasteiger partial charge in [-0.05, 0) is 17.5 Å². The van der Waals surface area contributed by atoms with Crippen LogP contribution in [0.15, 0.2) is 12.4 Å². The fraction of sp³-hybridized carbons (Fsp3) is 0.500. The first kappa shape index (κ1) is 9.42. The number of aromatic nitrogens is 2. The summed E-state index contributed by atoms with van der Waals surface area (Å²) in [5.74, 6) is 0.384. The molecule has 2 N–H and O–H groups in total. The van der Waals surface area contributed by atoms with Gasteiger partial charge in [-0.25, -0.2) is 9.97 Å². The van der Waals surface area contributed by atoms with E-state index in [2.05, 4.69) is 23.8 Å². The largest absolute Gasteiger partial charge is 0.324 e. The molecule has 0 unspecified atom stereocenters. The summed E-state index contributed by atoms with van der Waals surface area (Å²) in [6.07, 6.45) is 3.33. The molecule has 12 heavy (non-hydrogen) atoms. The van der Waals surface area contributed by atoms with E-state index in [0.717, 1.165) is 5.56 Å². The van der Waals surface area contributed by atoms with Crippen molar-refractivity contribution in [2.24, 2.45) is 11.7 Å². The van der Waals surface area contributed by atoms with E-state index in [-0.39, 0.29) is 11.3 Å². The van der Waals surface area contributed by atoms with Gasteiger partial charge in [-0.15, -0.1) is 0 Å². The van der Waals surface area contributed by atoms with Crippen molar-refractivity contribution in [3.8, 4) is 0 Å². The Morgan fingerprint density at radius 2 is 1.83 bits per heavy atom. The number of nitrogens with zero attached hydrogens (tertiary/aromatic N) is 2. The Labute approximate surface area is 77.0 Å². The molecule has 3 nitrogen and oxygen atoms in total. The van der Waals surface area contributed by atoms with Gasteiger partial charge < -0.3 is 5.73 Å². The van der Waals surface area contributed by atoms with Crippen LogP contribution < -0.4 is 5.73 Å². The monoisotopic (exact) mass is 185 g/mol. The van der Waals surface area contributed by atoms with Gasteiger partial charge in [0.1, 0.15) is 0 Å². The smallest absolute Gasteiger partial charge is 0.222 e. The quantitative estimate of drug-likeness (QED) is 0.715. The van der Waals surface area contributed by atoms with Crippen LogP contribution in [-0.4, -0.2) is 9.97 Å². The minimum atomic E-state index is -0.0118. The first-order valence-electron chi connectivity index (χ1n) is 3.84. The van der Waals surface area contributed by atoms with E-state index in [4.69, 9.17) is 17.3 Å². The van der Waals surface area contributed by atoms with E-state index < -0.39 is 0 Å². The van der Waals surface area contributed by atoms with Crippen molar-refractivity contribution in [3.63, 3.8) is 0 Å². The fourth-order valence-corrected chi connectivity index (χ4v) is 0.977. The Morgan fingerprint density at radius 3 is 2.25 bits per heavy atom. The molecule has 66 valence electrons. The van der Waals surface area contributed by atoms with Crippen LogP contribution >= 0.6 is 11.6 Å². The predicted octanol–water partition coefficient (Wildman–Crippen LogP) is 1.79. The Kier molecular flexibility index (Phi) is 3.00. The van der Waals surface area contributed by atoms with Crippen molar-refractivity contribution in [1.29, 1.82) is 0 Å². The van der Waals surface area contributed by atoms with Gasteiger partial charge in [0.15, 0.2) is 0 Å². The molecule has 0 spiro atoms. The van der Waals surface area contributed by atoms with Crippen LogP contribution in [0, 0.1) is 5.92 Å². The molecule has 1 aromatic rings.